The maximum atomic E-state index is 13.2. The predicted octanol–water partition coefficient (Wildman–Crippen LogP) is 1.52. The zero-order valence-corrected chi connectivity index (χ0v) is 21.0. The van der Waals surface area contributed by atoms with Gasteiger partial charge in [0.05, 0.1) is 16.5 Å². The maximum Gasteiger partial charge on any atom is 0.262 e. The number of anilines is 2. The molecule has 0 aliphatic carbocycles. The van der Waals surface area contributed by atoms with Crippen LogP contribution >= 0.6 is 0 Å². The molecule has 0 spiro atoms. The van der Waals surface area contributed by atoms with Gasteiger partial charge >= 0.3 is 0 Å². The number of ether oxygens (including phenoxy) is 1. The maximum absolute atomic E-state index is 13.2. The first kappa shape index (κ1) is 24.3. The lowest BCUT2D eigenvalue weighted by atomic mass is 10.1. The summed E-state index contributed by atoms with van der Waals surface area (Å²) in [6.07, 6.45) is 0.146. The average molecular weight is 513 g/mol. The molecule has 1 unspecified atom stereocenters. The summed E-state index contributed by atoms with van der Waals surface area (Å²) >= 11 is 0. The van der Waals surface area contributed by atoms with Crippen molar-refractivity contribution in [2.24, 2.45) is 5.92 Å². The molecule has 11 heteroatoms. The van der Waals surface area contributed by atoms with Crippen LogP contribution in [0, 0.1) is 19.8 Å². The van der Waals surface area contributed by atoms with Gasteiger partial charge in [-0.15, -0.1) is 0 Å². The van der Waals surface area contributed by atoms with Gasteiger partial charge in [0.1, 0.15) is 5.75 Å². The molecule has 0 aromatic heterocycles. The van der Waals surface area contributed by atoms with Crippen LogP contribution in [0.3, 0.4) is 0 Å². The number of rotatable bonds is 4. The Bertz CT molecular complexity index is 1350. The Kier molecular flexibility index (Phi) is 6.21. The lowest BCUT2D eigenvalue weighted by molar-refractivity contribution is -0.137. The van der Waals surface area contributed by atoms with E-state index in [4.69, 9.17) is 4.74 Å². The van der Waals surface area contributed by atoms with Gasteiger partial charge in [-0.2, -0.15) is 4.31 Å². The topological polar surface area (TPSA) is 116 Å². The van der Waals surface area contributed by atoms with Gasteiger partial charge in [-0.25, -0.2) is 8.42 Å². The number of amides is 3. The summed E-state index contributed by atoms with van der Waals surface area (Å²) in [5.74, 6) is -0.580. The Labute approximate surface area is 209 Å². The van der Waals surface area contributed by atoms with E-state index in [1.54, 1.807) is 9.80 Å². The smallest absolute Gasteiger partial charge is 0.262 e. The summed E-state index contributed by atoms with van der Waals surface area (Å²) in [5, 5.41) is 2.62. The molecule has 3 aliphatic heterocycles. The molecule has 0 bridgehead atoms. The van der Waals surface area contributed by atoms with Crippen molar-refractivity contribution in [3.05, 3.63) is 47.5 Å². The van der Waals surface area contributed by atoms with Crippen molar-refractivity contribution < 1.29 is 27.5 Å². The van der Waals surface area contributed by atoms with E-state index in [2.05, 4.69) is 5.32 Å². The molecule has 5 rings (SSSR count). The predicted molar refractivity (Wildman–Crippen MR) is 132 cm³/mol. The van der Waals surface area contributed by atoms with Gasteiger partial charge in [-0.1, -0.05) is 6.07 Å². The van der Waals surface area contributed by atoms with Gasteiger partial charge in [-0.05, 0) is 55.3 Å². The minimum atomic E-state index is -3.82. The lowest BCUT2D eigenvalue weighted by Crippen LogP contribution is -2.52. The number of hydrogen-bond donors (Lipinski definition) is 1. The van der Waals surface area contributed by atoms with Crippen molar-refractivity contribution >= 4 is 39.1 Å². The second kappa shape index (κ2) is 9.21. The van der Waals surface area contributed by atoms with E-state index >= 15 is 0 Å². The average Bonchev–Trinajstić information content (AvgIpc) is 3.26. The Hall–Kier alpha value is -3.44. The van der Waals surface area contributed by atoms with E-state index in [9.17, 15) is 22.8 Å². The molecular formula is C25H28N4O6S. The molecule has 0 saturated carbocycles. The molecule has 0 radical (unpaired) electrons. The first-order chi connectivity index (χ1) is 17.1. The molecule has 3 aliphatic rings. The summed E-state index contributed by atoms with van der Waals surface area (Å²) in [6.45, 7) is 5.00. The fraction of sp³-hybridized carbons (Fsp3) is 0.400. The summed E-state index contributed by atoms with van der Waals surface area (Å²) < 4.78 is 33.0. The molecule has 10 nitrogen and oxygen atoms in total. The van der Waals surface area contributed by atoms with Crippen LogP contribution in [0.2, 0.25) is 0 Å². The number of hydrogen-bond acceptors (Lipinski definition) is 6. The monoisotopic (exact) mass is 512 g/mol. The molecular weight excluding hydrogens is 484 g/mol. The second-order valence-corrected chi connectivity index (χ2v) is 11.3. The Morgan fingerprint density at radius 3 is 2.47 bits per heavy atom. The first-order valence-electron chi connectivity index (χ1n) is 11.9. The standard InChI is InChI=1S/C25H28N4O6S/c1-16-3-4-19(11-17(16)2)29-14-18(12-24(29)31)25(32)27-7-9-28(10-8-27)36(33,34)20-5-6-22-21(13-20)26-23(30)15-35-22/h3-6,11,13,18H,7-10,12,14-15H2,1-2H3,(H,26,30). The molecule has 2 aromatic carbocycles. The van der Waals surface area contributed by atoms with E-state index in [0.717, 1.165) is 16.8 Å². The van der Waals surface area contributed by atoms with Crippen molar-refractivity contribution in [2.75, 3.05) is 49.5 Å². The molecule has 1 atom stereocenters. The third-order valence-electron chi connectivity index (χ3n) is 7.05. The highest BCUT2D eigenvalue weighted by Crippen LogP contribution is 2.32. The molecule has 2 saturated heterocycles. The number of piperazine rings is 1. The molecule has 190 valence electrons. The Balaban J connectivity index is 1.22. The van der Waals surface area contributed by atoms with Crippen molar-refractivity contribution in [2.45, 2.75) is 25.2 Å². The second-order valence-electron chi connectivity index (χ2n) is 9.40. The number of nitrogens with one attached hydrogen (secondary N) is 1. The van der Waals surface area contributed by atoms with Crippen LogP contribution < -0.4 is 15.0 Å². The van der Waals surface area contributed by atoms with E-state index in [1.165, 1.54) is 22.5 Å². The van der Waals surface area contributed by atoms with Crippen LogP contribution in [0.1, 0.15) is 17.5 Å². The lowest BCUT2D eigenvalue weighted by Gasteiger charge is -2.35. The van der Waals surface area contributed by atoms with Gasteiger partial charge < -0.3 is 19.9 Å². The summed E-state index contributed by atoms with van der Waals surface area (Å²) in [4.78, 5) is 40.8. The number of aryl methyl sites for hydroxylation is 2. The van der Waals surface area contributed by atoms with Crippen molar-refractivity contribution in [3.8, 4) is 5.75 Å². The molecule has 3 amide bonds. The number of fused-ring (bicyclic) bond motifs is 1. The summed E-state index contributed by atoms with van der Waals surface area (Å²) in [6, 6.07) is 10.2. The van der Waals surface area contributed by atoms with E-state index in [0.29, 0.717) is 18.0 Å². The highest BCUT2D eigenvalue weighted by atomic mass is 32.2. The number of carbonyl (C=O) groups is 3. The summed E-state index contributed by atoms with van der Waals surface area (Å²) in [7, 11) is -3.82. The normalized spacial score (nSPS) is 20.7. The minimum absolute atomic E-state index is 0.0530. The van der Waals surface area contributed by atoms with E-state index < -0.39 is 15.9 Å². The van der Waals surface area contributed by atoms with Gasteiger partial charge in [0.15, 0.2) is 6.61 Å². The van der Waals surface area contributed by atoms with Crippen LogP contribution in [0.4, 0.5) is 11.4 Å². The van der Waals surface area contributed by atoms with Crippen LogP contribution in [0.25, 0.3) is 0 Å². The zero-order chi connectivity index (χ0) is 25.6. The molecule has 3 heterocycles. The summed E-state index contributed by atoms with van der Waals surface area (Å²) in [5.41, 5.74) is 3.34. The van der Waals surface area contributed by atoms with Gasteiger partial charge in [0.2, 0.25) is 21.8 Å². The van der Waals surface area contributed by atoms with Crippen molar-refractivity contribution in [1.82, 2.24) is 9.21 Å². The number of benzene rings is 2. The number of sulfonamides is 1. The fourth-order valence-electron chi connectivity index (χ4n) is 4.79. The molecule has 1 N–H and O–H groups in total. The highest BCUT2D eigenvalue weighted by Gasteiger charge is 2.39. The Morgan fingerprint density at radius 2 is 1.75 bits per heavy atom. The molecule has 2 aromatic rings. The van der Waals surface area contributed by atoms with Crippen molar-refractivity contribution in [3.63, 3.8) is 0 Å². The van der Waals surface area contributed by atoms with Crippen LogP contribution in [0.5, 0.6) is 5.75 Å². The third-order valence-corrected chi connectivity index (χ3v) is 8.94. The number of carbonyl (C=O) groups excluding carboxylic acids is 3. The molecule has 2 fully saturated rings. The van der Waals surface area contributed by atoms with Crippen LogP contribution in [-0.2, 0) is 24.4 Å². The quantitative estimate of drug-likeness (QED) is 0.664. The fourth-order valence-corrected chi connectivity index (χ4v) is 6.24. The third kappa shape index (κ3) is 4.44. The first-order valence-corrected chi connectivity index (χ1v) is 13.3. The van der Waals surface area contributed by atoms with E-state index in [-0.39, 0.29) is 61.8 Å². The Morgan fingerprint density at radius 1 is 1.00 bits per heavy atom. The SMILES string of the molecule is Cc1ccc(N2CC(C(=O)N3CCN(S(=O)(=O)c4ccc5c(c4)NC(=O)CO5)CC3)CC2=O)cc1C. The van der Waals surface area contributed by atoms with Gasteiger partial charge in [0.25, 0.3) is 5.91 Å². The van der Waals surface area contributed by atoms with Crippen LogP contribution in [0.15, 0.2) is 41.3 Å². The van der Waals surface area contributed by atoms with Gasteiger partial charge in [-0.3, -0.25) is 14.4 Å². The number of nitrogens with zero attached hydrogens (tertiary/aromatic N) is 3. The van der Waals surface area contributed by atoms with E-state index in [1.807, 2.05) is 32.0 Å². The largest absolute Gasteiger partial charge is 0.482 e. The van der Waals surface area contributed by atoms with Crippen LogP contribution in [-0.4, -0.2) is 74.7 Å². The minimum Gasteiger partial charge on any atom is -0.482 e. The zero-order valence-electron chi connectivity index (χ0n) is 20.2. The van der Waals surface area contributed by atoms with Gasteiger partial charge in [0, 0.05) is 44.8 Å². The van der Waals surface area contributed by atoms with Crippen molar-refractivity contribution in [1.29, 1.82) is 0 Å². The molecule has 36 heavy (non-hydrogen) atoms. The highest BCUT2D eigenvalue weighted by molar-refractivity contribution is 7.89.